The van der Waals surface area contributed by atoms with Gasteiger partial charge in [0.05, 0.1) is 18.8 Å². The van der Waals surface area contributed by atoms with E-state index in [1.807, 2.05) is 84.9 Å². The van der Waals surface area contributed by atoms with Gasteiger partial charge in [-0.3, -0.25) is 19.6 Å². The Morgan fingerprint density at radius 3 is 1.94 bits per heavy atom. The molecule has 168 valence electrons. The van der Waals surface area contributed by atoms with Crippen molar-refractivity contribution in [3.8, 4) is 0 Å². The molecule has 5 rings (SSSR count). The Labute approximate surface area is 193 Å². The number of carbonyl (C=O) groups is 2. The lowest BCUT2D eigenvalue weighted by Crippen LogP contribution is -2.66. The molecule has 1 fully saturated rings. The van der Waals surface area contributed by atoms with Gasteiger partial charge in [-0.1, -0.05) is 78.9 Å². The molecule has 0 aromatic heterocycles. The number of nitrogens with zero attached hydrogens (tertiary/aromatic N) is 4. The summed E-state index contributed by atoms with van der Waals surface area (Å²) in [6.07, 6.45) is -1.27. The molecule has 0 bridgehead atoms. The Kier molecular flexibility index (Phi) is 5.06. The van der Waals surface area contributed by atoms with Gasteiger partial charge in [0, 0.05) is 19.7 Å². The number of anilines is 1. The van der Waals surface area contributed by atoms with E-state index >= 15 is 0 Å². The van der Waals surface area contributed by atoms with Gasteiger partial charge in [-0.2, -0.15) is 0 Å². The number of amides is 4. The van der Waals surface area contributed by atoms with E-state index in [-0.39, 0.29) is 25.2 Å². The molecule has 2 aliphatic heterocycles. The first-order valence-electron chi connectivity index (χ1n) is 10.9. The molecule has 2 unspecified atom stereocenters. The van der Waals surface area contributed by atoms with Gasteiger partial charge in [-0.15, -0.1) is 0 Å². The Morgan fingerprint density at radius 1 is 0.758 bits per heavy atom. The third-order valence-electron chi connectivity index (χ3n) is 6.67. The lowest BCUT2D eigenvalue weighted by atomic mass is 9.90. The third kappa shape index (κ3) is 3.08. The van der Waals surface area contributed by atoms with Gasteiger partial charge in [0.25, 0.3) is 0 Å². The normalized spacial score (nSPS) is 22.3. The number of benzene rings is 3. The molecule has 2 aliphatic rings. The smallest absolute Gasteiger partial charge is 0.326 e. The second-order valence-corrected chi connectivity index (χ2v) is 8.49. The topological polar surface area (TPSA) is 67.3 Å². The monoisotopic (exact) mass is 442 g/mol. The molecule has 3 aromatic carbocycles. The molecule has 4 amide bonds. The number of urea groups is 2. The van der Waals surface area contributed by atoms with Crippen LogP contribution in [0, 0.1) is 0 Å². The molecule has 2 heterocycles. The van der Waals surface area contributed by atoms with Gasteiger partial charge in [0.2, 0.25) is 0 Å². The molecular weight excluding hydrogens is 416 g/mol. The van der Waals surface area contributed by atoms with Crippen LogP contribution in [0.25, 0.3) is 0 Å². The molecule has 0 saturated carbocycles. The number of rotatable bonds is 4. The SMILES string of the molecule is CN1C(=O)N(Cc2ccccc2)C2(c3ccccc31)C(O)N(Cc1ccccc1)C(=O)N2C. The Bertz CT molecular complexity index is 1190. The summed E-state index contributed by atoms with van der Waals surface area (Å²) in [5.41, 5.74) is 1.82. The molecule has 1 spiro atoms. The highest BCUT2D eigenvalue weighted by molar-refractivity contribution is 5.97. The average Bonchev–Trinajstić information content (AvgIpc) is 3.03. The van der Waals surface area contributed by atoms with E-state index < -0.39 is 11.9 Å². The number of hydrogen-bond acceptors (Lipinski definition) is 3. The van der Waals surface area contributed by atoms with Crippen LogP contribution in [0.3, 0.4) is 0 Å². The van der Waals surface area contributed by atoms with E-state index in [1.54, 1.807) is 23.9 Å². The molecule has 0 aliphatic carbocycles. The summed E-state index contributed by atoms with van der Waals surface area (Å²) in [5, 5.41) is 11.8. The van der Waals surface area contributed by atoms with Gasteiger partial charge >= 0.3 is 12.1 Å². The maximum Gasteiger partial charge on any atom is 0.326 e. The summed E-state index contributed by atoms with van der Waals surface area (Å²) >= 11 is 0. The van der Waals surface area contributed by atoms with Gasteiger partial charge < -0.3 is 5.11 Å². The fourth-order valence-electron chi connectivity index (χ4n) is 5.01. The van der Waals surface area contributed by atoms with Crippen LogP contribution in [0.2, 0.25) is 0 Å². The van der Waals surface area contributed by atoms with Crippen molar-refractivity contribution in [3.63, 3.8) is 0 Å². The zero-order valence-corrected chi connectivity index (χ0v) is 18.6. The van der Waals surface area contributed by atoms with Crippen molar-refractivity contribution in [2.24, 2.45) is 0 Å². The summed E-state index contributed by atoms with van der Waals surface area (Å²) in [4.78, 5) is 33.4. The molecule has 33 heavy (non-hydrogen) atoms. The predicted octanol–water partition coefficient (Wildman–Crippen LogP) is 3.80. The number of fused-ring (bicyclic) bond motifs is 2. The van der Waals surface area contributed by atoms with Crippen LogP contribution >= 0.6 is 0 Å². The molecule has 1 saturated heterocycles. The Balaban J connectivity index is 1.67. The Morgan fingerprint density at radius 2 is 1.30 bits per heavy atom. The summed E-state index contributed by atoms with van der Waals surface area (Å²) in [6.45, 7) is 0.477. The second-order valence-electron chi connectivity index (χ2n) is 8.49. The Hall–Kier alpha value is -3.84. The van der Waals surface area contributed by atoms with Crippen LogP contribution in [0.5, 0.6) is 0 Å². The van der Waals surface area contributed by atoms with Crippen LogP contribution in [0.15, 0.2) is 84.9 Å². The van der Waals surface area contributed by atoms with Crippen LogP contribution in [0.1, 0.15) is 16.7 Å². The minimum atomic E-state index is -1.37. The molecule has 1 N–H and O–H groups in total. The highest BCUT2D eigenvalue weighted by atomic mass is 16.3. The van der Waals surface area contributed by atoms with Gasteiger partial charge in [0.15, 0.2) is 11.9 Å². The van der Waals surface area contributed by atoms with E-state index in [1.165, 1.54) is 9.80 Å². The molecule has 0 radical (unpaired) electrons. The number of hydrogen-bond donors (Lipinski definition) is 1. The van der Waals surface area contributed by atoms with Crippen molar-refractivity contribution >= 4 is 17.7 Å². The second kappa shape index (κ2) is 7.94. The minimum Gasteiger partial charge on any atom is -0.369 e. The summed E-state index contributed by atoms with van der Waals surface area (Å²) in [5.74, 6) is 0. The number of carbonyl (C=O) groups excluding carboxylic acids is 2. The lowest BCUT2D eigenvalue weighted by molar-refractivity contribution is -0.103. The molecule has 7 nitrogen and oxygen atoms in total. The molecular formula is C26H26N4O3. The van der Waals surface area contributed by atoms with Crippen molar-refractivity contribution in [1.82, 2.24) is 14.7 Å². The van der Waals surface area contributed by atoms with Crippen LogP contribution < -0.4 is 4.90 Å². The van der Waals surface area contributed by atoms with Gasteiger partial charge in [-0.05, 0) is 17.2 Å². The summed E-state index contributed by atoms with van der Waals surface area (Å²) < 4.78 is 0. The standard InChI is InChI=1S/C26H26N4O3/c1-27-22-16-10-9-15-21(22)26(30(24(27)32)18-20-13-7-4-8-14-20)23(31)29(25(33)28(26)2)17-19-11-5-3-6-12-19/h3-16,23,31H,17-18H2,1-2H3. The minimum absolute atomic E-state index is 0.234. The summed E-state index contributed by atoms with van der Waals surface area (Å²) in [7, 11) is 3.38. The van der Waals surface area contributed by atoms with Crippen molar-refractivity contribution < 1.29 is 14.7 Å². The maximum atomic E-state index is 13.7. The van der Waals surface area contributed by atoms with E-state index in [0.717, 1.165) is 11.1 Å². The van der Waals surface area contributed by atoms with E-state index in [2.05, 4.69) is 0 Å². The third-order valence-corrected chi connectivity index (χ3v) is 6.67. The van der Waals surface area contributed by atoms with Crippen LogP contribution in [-0.4, -0.2) is 52.2 Å². The highest BCUT2D eigenvalue weighted by Crippen LogP contribution is 2.50. The largest absolute Gasteiger partial charge is 0.369 e. The fraction of sp³-hybridized carbons (Fsp3) is 0.231. The molecule has 3 aromatic rings. The maximum absolute atomic E-state index is 13.7. The van der Waals surface area contributed by atoms with E-state index in [9.17, 15) is 14.7 Å². The van der Waals surface area contributed by atoms with Gasteiger partial charge in [0.1, 0.15) is 0 Å². The first-order valence-corrected chi connectivity index (χ1v) is 10.9. The highest BCUT2D eigenvalue weighted by Gasteiger charge is 2.64. The zero-order chi connectivity index (χ0) is 23.2. The van der Waals surface area contributed by atoms with Crippen LogP contribution in [0.4, 0.5) is 15.3 Å². The van der Waals surface area contributed by atoms with Gasteiger partial charge in [-0.25, -0.2) is 9.59 Å². The van der Waals surface area contributed by atoms with E-state index in [0.29, 0.717) is 11.3 Å². The van der Waals surface area contributed by atoms with Crippen LogP contribution in [-0.2, 0) is 18.8 Å². The first-order chi connectivity index (χ1) is 16.0. The molecule has 7 heteroatoms. The first kappa shape index (κ1) is 21.0. The zero-order valence-electron chi connectivity index (χ0n) is 18.6. The van der Waals surface area contributed by atoms with E-state index in [4.69, 9.17) is 0 Å². The predicted molar refractivity (Wildman–Crippen MR) is 125 cm³/mol. The lowest BCUT2D eigenvalue weighted by Gasteiger charge is -2.52. The number of para-hydroxylation sites is 1. The van der Waals surface area contributed by atoms with Crippen molar-refractivity contribution in [1.29, 1.82) is 0 Å². The number of aliphatic hydroxyl groups excluding tert-OH is 1. The fourth-order valence-corrected chi connectivity index (χ4v) is 5.01. The van der Waals surface area contributed by atoms with Crippen molar-refractivity contribution in [2.45, 2.75) is 25.0 Å². The van der Waals surface area contributed by atoms with Crippen molar-refractivity contribution in [3.05, 3.63) is 102 Å². The van der Waals surface area contributed by atoms with Crippen molar-refractivity contribution in [2.75, 3.05) is 19.0 Å². The quantitative estimate of drug-likeness (QED) is 0.668. The number of aliphatic hydroxyl groups is 1. The number of likely N-dealkylation sites (N-methyl/N-ethyl adjacent to an activating group) is 1. The average molecular weight is 443 g/mol. The summed E-state index contributed by atoms with van der Waals surface area (Å²) in [6, 6.07) is 26.0. The molecule has 2 atom stereocenters.